The number of ether oxygens (including phenoxy) is 1. The summed E-state index contributed by atoms with van der Waals surface area (Å²) in [5, 5.41) is 14.1. The van der Waals surface area contributed by atoms with Crippen LogP contribution in [-0.4, -0.2) is 35.5 Å². The molecule has 51 heavy (non-hydrogen) atoms. The number of Topliss-reactive ketones (excluding diaryl/α,β-unsaturated/α-hetero) is 1. The summed E-state index contributed by atoms with van der Waals surface area (Å²) in [6, 6.07) is 8.06. The average Bonchev–Trinajstić information content (AvgIpc) is 3.34. The fraction of sp³-hybridized carbons (Fsp3) is 0.750. The summed E-state index contributed by atoms with van der Waals surface area (Å²) in [5.41, 5.74) is 2.89. The number of hydrogen-bond donors (Lipinski definition) is 2. The highest BCUT2D eigenvalue weighted by Crippen LogP contribution is 2.77. The summed E-state index contributed by atoms with van der Waals surface area (Å²) < 4.78 is 6.18. The SMILES string of the molecule is CC(C)C1=C2[C@H]3CCC4C5(C)CC[C@H](OC(=O)CC(C)(C)C(=O)O)C(C)(C)[C@@H]5CC[C@@]4(C)[C@]3(C)CC[C@@]2(CCNCc2ccc(Cl)cc2)CC1=O. The number of fused-ring (bicyclic) bond motifs is 7. The minimum absolute atomic E-state index is 0.0444. The van der Waals surface area contributed by atoms with E-state index in [2.05, 4.69) is 65.9 Å². The fourth-order valence-corrected chi connectivity index (χ4v) is 13.2. The second kappa shape index (κ2) is 13.3. The number of benzene rings is 1. The summed E-state index contributed by atoms with van der Waals surface area (Å²) in [6.07, 6.45) is 9.98. The molecular weight excluding hydrogens is 658 g/mol. The van der Waals surface area contributed by atoms with Gasteiger partial charge in [-0.3, -0.25) is 14.4 Å². The Morgan fingerprint density at radius 1 is 0.941 bits per heavy atom. The first kappa shape index (κ1) is 38.5. The number of rotatable bonds is 10. The molecule has 1 aromatic rings. The van der Waals surface area contributed by atoms with E-state index in [1.807, 2.05) is 12.1 Å². The van der Waals surface area contributed by atoms with Crippen LogP contribution in [0.2, 0.25) is 5.02 Å². The van der Waals surface area contributed by atoms with E-state index in [1.54, 1.807) is 13.8 Å². The summed E-state index contributed by atoms with van der Waals surface area (Å²) >= 11 is 6.12. The summed E-state index contributed by atoms with van der Waals surface area (Å²) in [6.45, 7) is 21.7. The van der Waals surface area contributed by atoms with E-state index in [0.29, 0.717) is 30.0 Å². The van der Waals surface area contributed by atoms with Gasteiger partial charge in [0, 0.05) is 28.8 Å². The molecule has 6 nitrogen and oxygen atoms in total. The predicted octanol–water partition coefficient (Wildman–Crippen LogP) is 10.2. The Balaban J connectivity index is 1.24. The molecular formula is C44H64ClNO5. The molecule has 0 aliphatic heterocycles. The number of carbonyl (C=O) groups excluding carboxylic acids is 2. The molecule has 8 atom stereocenters. The maximum absolute atomic E-state index is 14.0. The van der Waals surface area contributed by atoms with Gasteiger partial charge in [0.15, 0.2) is 5.78 Å². The van der Waals surface area contributed by atoms with Gasteiger partial charge in [-0.25, -0.2) is 0 Å². The van der Waals surface area contributed by atoms with Crippen molar-refractivity contribution in [3.8, 4) is 0 Å². The number of allylic oxidation sites excluding steroid dienone is 2. The Kier molecular flexibility index (Phi) is 10.0. The summed E-state index contributed by atoms with van der Waals surface area (Å²) in [4.78, 5) is 38.8. The number of hydrogen-bond acceptors (Lipinski definition) is 5. The maximum Gasteiger partial charge on any atom is 0.309 e. The van der Waals surface area contributed by atoms with Crippen LogP contribution >= 0.6 is 11.6 Å². The molecule has 6 rings (SSSR count). The predicted molar refractivity (Wildman–Crippen MR) is 203 cm³/mol. The monoisotopic (exact) mass is 721 g/mol. The molecule has 0 amide bonds. The second-order valence-electron chi connectivity index (χ2n) is 19.7. The van der Waals surface area contributed by atoms with E-state index in [4.69, 9.17) is 16.3 Å². The Bertz CT molecular complexity index is 1580. The molecule has 0 saturated heterocycles. The Morgan fingerprint density at radius 2 is 1.63 bits per heavy atom. The molecule has 7 heteroatoms. The van der Waals surface area contributed by atoms with Crippen LogP contribution in [0.25, 0.3) is 0 Å². The summed E-state index contributed by atoms with van der Waals surface area (Å²) in [5.74, 6) is 0.647. The molecule has 4 saturated carbocycles. The van der Waals surface area contributed by atoms with E-state index in [0.717, 1.165) is 75.1 Å². The van der Waals surface area contributed by atoms with Gasteiger partial charge in [0.2, 0.25) is 0 Å². The first-order valence-corrected chi connectivity index (χ1v) is 20.3. The van der Waals surface area contributed by atoms with Crippen molar-refractivity contribution in [1.82, 2.24) is 5.32 Å². The average molecular weight is 722 g/mol. The van der Waals surface area contributed by atoms with Gasteiger partial charge in [-0.15, -0.1) is 0 Å². The molecule has 282 valence electrons. The van der Waals surface area contributed by atoms with E-state index >= 15 is 0 Å². The van der Waals surface area contributed by atoms with E-state index in [9.17, 15) is 19.5 Å². The Hall–Kier alpha value is -2.18. The number of halogens is 1. The van der Waals surface area contributed by atoms with E-state index < -0.39 is 17.4 Å². The fourth-order valence-electron chi connectivity index (χ4n) is 13.0. The lowest BCUT2D eigenvalue weighted by molar-refractivity contribution is -0.233. The third-order valence-electron chi connectivity index (χ3n) is 16.0. The van der Waals surface area contributed by atoms with Crippen molar-refractivity contribution in [2.45, 2.75) is 146 Å². The van der Waals surface area contributed by atoms with Crippen molar-refractivity contribution < 1.29 is 24.2 Å². The minimum Gasteiger partial charge on any atom is -0.481 e. The first-order chi connectivity index (χ1) is 23.7. The van der Waals surface area contributed by atoms with Crippen LogP contribution in [0.5, 0.6) is 0 Å². The lowest BCUT2D eigenvalue weighted by Crippen LogP contribution is -2.65. The molecule has 0 bridgehead atoms. The molecule has 0 radical (unpaired) electrons. The van der Waals surface area contributed by atoms with Gasteiger partial charge in [0.1, 0.15) is 6.10 Å². The molecule has 2 unspecified atom stereocenters. The van der Waals surface area contributed by atoms with E-state index in [-0.39, 0.29) is 45.5 Å². The molecule has 2 N–H and O–H groups in total. The second-order valence-corrected chi connectivity index (χ2v) is 20.2. The smallest absolute Gasteiger partial charge is 0.309 e. The van der Waals surface area contributed by atoms with Crippen molar-refractivity contribution in [2.24, 2.45) is 56.2 Å². The highest BCUT2D eigenvalue weighted by molar-refractivity contribution is 6.30. The van der Waals surface area contributed by atoms with Gasteiger partial charge in [-0.1, -0.05) is 77.8 Å². The van der Waals surface area contributed by atoms with Crippen LogP contribution < -0.4 is 5.32 Å². The highest BCUT2D eigenvalue weighted by atomic mass is 35.5. The number of nitrogens with one attached hydrogen (secondary N) is 1. The van der Waals surface area contributed by atoms with Crippen LogP contribution in [0.15, 0.2) is 35.4 Å². The zero-order valence-electron chi connectivity index (χ0n) is 32.8. The Morgan fingerprint density at radius 3 is 2.27 bits per heavy atom. The third-order valence-corrected chi connectivity index (χ3v) is 16.2. The third kappa shape index (κ3) is 6.24. The van der Waals surface area contributed by atoms with Crippen molar-refractivity contribution in [2.75, 3.05) is 6.54 Å². The maximum atomic E-state index is 14.0. The zero-order chi connectivity index (χ0) is 37.4. The number of aliphatic carboxylic acids is 1. The van der Waals surface area contributed by atoms with E-state index in [1.165, 1.54) is 17.6 Å². The molecule has 0 aromatic heterocycles. The van der Waals surface area contributed by atoms with Crippen LogP contribution in [0.1, 0.15) is 139 Å². The molecule has 4 fully saturated rings. The lowest BCUT2D eigenvalue weighted by Gasteiger charge is -2.72. The number of esters is 1. The van der Waals surface area contributed by atoms with Crippen LogP contribution in [0.3, 0.4) is 0 Å². The largest absolute Gasteiger partial charge is 0.481 e. The topological polar surface area (TPSA) is 92.7 Å². The standard InChI is InChI=1S/C44H64ClNO5/c1-27(2)36-31(47)24-44(22-23-46-26-28-10-12-29(45)13-11-28)21-20-42(8)30(37(36)44)14-15-33-41(7)18-17-34(51-35(48)25-39(3,4)38(49)50)40(5,6)32(41)16-19-43(33,42)9/h10-13,27,30,32-34,46H,14-26H2,1-9H3,(H,49,50)/t30-,32+,33?,34+,41?,42-,43-,44-/m1/s1. The number of carbonyl (C=O) groups is 3. The minimum atomic E-state index is -1.15. The molecule has 0 spiro atoms. The molecule has 5 aliphatic carbocycles. The quantitative estimate of drug-likeness (QED) is 0.185. The van der Waals surface area contributed by atoms with Crippen LogP contribution in [0.4, 0.5) is 0 Å². The van der Waals surface area contributed by atoms with Gasteiger partial charge < -0.3 is 15.2 Å². The number of ketones is 1. The molecule has 5 aliphatic rings. The molecule has 0 heterocycles. The molecule has 1 aromatic carbocycles. The lowest BCUT2D eigenvalue weighted by atomic mass is 9.33. The number of carboxylic acids is 1. The van der Waals surface area contributed by atoms with Crippen molar-refractivity contribution in [3.05, 3.63) is 46.0 Å². The van der Waals surface area contributed by atoms with Crippen molar-refractivity contribution >= 4 is 29.3 Å². The van der Waals surface area contributed by atoms with Crippen molar-refractivity contribution in [1.29, 1.82) is 0 Å². The first-order valence-electron chi connectivity index (χ1n) is 19.9. The van der Waals surface area contributed by atoms with Gasteiger partial charge in [-0.2, -0.15) is 0 Å². The highest BCUT2D eigenvalue weighted by Gasteiger charge is 2.70. The summed E-state index contributed by atoms with van der Waals surface area (Å²) in [7, 11) is 0. The van der Waals surface area contributed by atoms with Gasteiger partial charge >= 0.3 is 11.9 Å². The van der Waals surface area contributed by atoms with Crippen LogP contribution in [-0.2, 0) is 25.7 Å². The van der Waals surface area contributed by atoms with Crippen LogP contribution in [0, 0.1) is 56.2 Å². The Labute approximate surface area is 312 Å². The normalized spacial score (nSPS) is 37.4. The zero-order valence-corrected chi connectivity index (χ0v) is 33.6. The van der Waals surface area contributed by atoms with Gasteiger partial charge in [0.25, 0.3) is 0 Å². The number of carboxylic acid groups (broad SMARTS) is 1. The van der Waals surface area contributed by atoms with Gasteiger partial charge in [-0.05, 0) is 141 Å². The van der Waals surface area contributed by atoms with Gasteiger partial charge in [0.05, 0.1) is 11.8 Å². The van der Waals surface area contributed by atoms with Crippen molar-refractivity contribution in [3.63, 3.8) is 0 Å².